The van der Waals surface area contributed by atoms with Crippen molar-refractivity contribution < 1.29 is 14.3 Å². The molecule has 2 rings (SSSR count). The monoisotopic (exact) mass is 269 g/mol. The summed E-state index contributed by atoms with van der Waals surface area (Å²) in [6.45, 7) is 1.27. The van der Waals surface area contributed by atoms with Crippen molar-refractivity contribution in [3.63, 3.8) is 0 Å². The van der Waals surface area contributed by atoms with E-state index in [0.717, 1.165) is 30.8 Å². The minimum Gasteiger partial charge on any atom is -0.376 e. The maximum Gasteiger partial charge on any atom is 0.275 e. The van der Waals surface area contributed by atoms with Crippen molar-refractivity contribution >= 4 is 23.2 Å². The van der Waals surface area contributed by atoms with Gasteiger partial charge in [0.25, 0.3) is 11.8 Å². The normalized spacial score (nSPS) is 18.6. The Hall–Kier alpha value is -1.44. The van der Waals surface area contributed by atoms with E-state index in [1.807, 2.05) is 5.43 Å². The minimum absolute atomic E-state index is 0.112. The van der Waals surface area contributed by atoms with E-state index in [2.05, 4.69) is 5.32 Å². The summed E-state index contributed by atoms with van der Waals surface area (Å²) in [5.41, 5.74) is 2.03. The molecular formula is C11H15N3O3S. The van der Waals surface area contributed by atoms with E-state index < -0.39 is 5.91 Å². The fraction of sp³-hybridized carbons (Fsp3) is 0.455. The van der Waals surface area contributed by atoms with Crippen molar-refractivity contribution in [1.82, 2.24) is 10.7 Å². The number of nitrogen functional groups attached to an aromatic ring is 1. The van der Waals surface area contributed by atoms with Gasteiger partial charge in [-0.25, -0.2) is 5.84 Å². The van der Waals surface area contributed by atoms with Gasteiger partial charge in [0, 0.05) is 13.2 Å². The molecule has 0 aliphatic carbocycles. The van der Waals surface area contributed by atoms with Crippen LogP contribution in [0.15, 0.2) is 12.1 Å². The summed E-state index contributed by atoms with van der Waals surface area (Å²) < 4.78 is 5.41. The number of thiophene rings is 1. The van der Waals surface area contributed by atoms with Gasteiger partial charge in [-0.2, -0.15) is 0 Å². The SMILES string of the molecule is NNC(=O)c1ccc(C(=O)NCC2CCCO2)s1. The van der Waals surface area contributed by atoms with E-state index in [1.54, 1.807) is 12.1 Å². The van der Waals surface area contributed by atoms with Crippen LogP contribution in [0, 0.1) is 0 Å². The average molecular weight is 269 g/mol. The molecule has 1 aromatic heterocycles. The third-order valence-corrected chi connectivity index (χ3v) is 3.78. The number of hydrazine groups is 1. The first kappa shape index (κ1) is 13.0. The van der Waals surface area contributed by atoms with Crippen molar-refractivity contribution in [3.8, 4) is 0 Å². The Morgan fingerprint density at radius 3 is 2.72 bits per heavy atom. The third kappa shape index (κ3) is 3.06. The van der Waals surface area contributed by atoms with Crippen molar-refractivity contribution in [2.75, 3.05) is 13.2 Å². The van der Waals surface area contributed by atoms with Gasteiger partial charge in [0.1, 0.15) is 0 Å². The smallest absolute Gasteiger partial charge is 0.275 e. The standard InChI is InChI=1S/C11H15N3O3S/c12-14-11(16)9-4-3-8(18-9)10(15)13-6-7-2-1-5-17-7/h3-4,7H,1-2,5-6,12H2,(H,13,15)(H,14,16). The van der Waals surface area contributed by atoms with E-state index >= 15 is 0 Å². The summed E-state index contributed by atoms with van der Waals surface area (Å²) >= 11 is 1.11. The summed E-state index contributed by atoms with van der Waals surface area (Å²) in [5.74, 6) is 4.44. The van der Waals surface area contributed by atoms with Crippen LogP contribution in [0.1, 0.15) is 32.2 Å². The predicted octanol–water partition coefficient (Wildman–Crippen LogP) is 0.260. The summed E-state index contributed by atoms with van der Waals surface area (Å²) in [4.78, 5) is 24.0. The molecule has 0 aromatic carbocycles. The Balaban J connectivity index is 1.88. The highest BCUT2D eigenvalue weighted by molar-refractivity contribution is 7.15. The highest BCUT2D eigenvalue weighted by atomic mass is 32.1. The van der Waals surface area contributed by atoms with Crippen LogP contribution in [0.2, 0.25) is 0 Å². The predicted molar refractivity (Wildman–Crippen MR) is 67.3 cm³/mol. The molecule has 7 heteroatoms. The number of rotatable bonds is 4. The van der Waals surface area contributed by atoms with Crippen LogP contribution in [0.4, 0.5) is 0 Å². The molecule has 6 nitrogen and oxygen atoms in total. The average Bonchev–Trinajstić information content (AvgIpc) is 3.05. The molecule has 1 aliphatic heterocycles. The second-order valence-corrected chi connectivity index (χ2v) is 5.07. The number of carbonyl (C=O) groups is 2. The van der Waals surface area contributed by atoms with Crippen LogP contribution in [0.25, 0.3) is 0 Å². The minimum atomic E-state index is -0.391. The highest BCUT2D eigenvalue weighted by Crippen LogP contribution is 2.16. The highest BCUT2D eigenvalue weighted by Gasteiger charge is 2.18. The molecule has 0 saturated carbocycles. The molecular weight excluding hydrogens is 254 g/mol. The van der Waals surface area contributed by atoms with Gasteiger partial charge in [-0.3, -0.25) is 15.0 Å². The van der Waals surface area contributed by atoms with E-state index in [4.69, 9.17) is 10.6 Å². The Labute approximate surface area is 108 Å². The summed E-state index contributed by atoms with van der Waals surface area (Å²) in [6.07, 6.45) is 2.13. The van der Waals surface area contributed by atoms with Crippen LogP contribution >= 0.6 is 11.3 Å². The zero-order chi connectivity index (χ0) is 13.0. The van der Waals surface area contributed by atoms with Crippen molar-refractivity contribution in [2.24, 2.45) is 5.84 Å². The number of hydrogen-bond acceptors (Lipinski definition) is 5. The van der Waals surface area contributed by atoms with Gasteiger partial charge in [0.05, 0.1) is 15.9 Å². The topological polar surface area (TPSA) is 93.5 Å². The molecule has 98 valence electrons. The second-order valence-electron chi connectivity index (χ2n) is 3.98. The van der Waals surface area contributed by atoms with Crippen molar-refractivity contribution in [2.45, 2.75) is 18.9 Å². The van der Waals surface area contributed by atoms with E-state index in [-0.39, 0.29) is 12.0 Å². The quantitative estimate of drug-likeness (QED) is 0.415. The Kier molecular flexibility index (Phi) is 4.29. The second kappa shape index (κ2) is 5.94. The first-order valence-corrected chi connectivity index (χ1v) is 6.53. The van der Waals surface area contributed by atoms with E-state index in [1.165, 1.54) is 0 Å². The summed E-state index contributed by atoms with van der Waals surface area (Å²) in [6, 6.07) is 3.19. The lowest BCUT2D eigenvalue weighted by Crippen LogP contribution is -2.31. The zero-order valence-electron chi connectivity index (χ0n) is 9.77. The molecule has 1 aromatic rings. The molecule has 0 bridgehead atoms. The molecule has 1 aliphatic rings. The van der Waals surface area contributed by atoms with Gasteiger partial charge < -0.3 is 10.1 Å². The van der Waals surface area contributed by atoms with E-state index in [0.29, 0.717) is 16.3 Å². The molecule has 1 fully saturated rings. The van der Waals surface area contributed by atoms with Crippen molar-refractivity contribution in [3.05, 3.63) is 21.9 Å². The number of carbonyl (C=O) groups excluding carboxylic acids is 2. The first-order chi connectivity index (χ1) is 8.70. The first-order valence-electron chi connectivity index (χ1n) is 5.71. The zero-order valence-corrected chi connectivity index (χ0v) is 10.6. The number of hydrogen-bond donors (Lipinski definition) is 3. The third-order valence-electron chi connectivity index (χ3n) is 2.70. The summed E-state index contributed by atoms with van der Waals surface area (Å²) in [7, 11) is 0. The molecule has 0 spiro atoms. The van der Waals surface area contributed by atoms with Crippen LogP contribution < -0.4 is 16.6 Å². The molecule has 2 amide bonds. The Morgan fingerprint density at radius 2 is 2.11 bits per heavy atom. The Bertz CT molecular complexity index is 440. The van der Waals surface area contributed by atoms with Gasteiger partial charge in [0.2, 0.25) is 0 Å². The molecule has 4 N–H and O–H groups in total. The Morgan fingerprint density at radius 1 is 1.39 bits per heavy atom. The van der Waals surface area contributed by atoms with Gasteiger partial charge in [-0.1, -0.05) is 0 Å². The molecule has 2 heterocycles. The number of ether oxygens (including phenoxy) is 1. The lowest BCUT2D eigenvalue weighted by atomic mass is 10.2. The van der Waals surface area contributed by atoms with Crippen LogP contribution in [-0.4, -0.2) is 31.1 Å². The van der Waals surface area contributed by atoms with Crippen molar-refractivity contribution in [1.29, 1.82) is 0 Å². The molecule has 1 unspecified atom stereocenters. The summed E-state index contributed by atoms with van der Waals surface area (Å²) in [5, 5.41) is 2.79. The number of amides is 2. The van der Waals surface area contributed by atoms with Crippen LogP contribution in [-0.2, 0) is 4.74 Å². The molecule has 1 atom stereocenters. The van der Waals surface area contributed by atoms with Gasteiger partial charge in [-0.15, -0.1) is 11.3 Å². The van der Waals surface area contributed by atoms with Crippen LogP contribution in [0.3, 0.4) is 0 Å². The van der Waals surface area contributed by atoms with Gasteiger partial charge in [-0.05, 0) is 25.0 Å². The van der Waals surface area contributed by atoms with E-state index in [9.17, 15) is 9.59 Å². The fourth-order valence-corrected chi connectivity index (χ4v) is 2.58. The molecule has 1 saturated heterocycles. The maximum atomic E-state index is 11.8. The number of nitrogens with two attached hydrogens (primary N) is 1. The van der Waals surface area contributed by atoms with Gasteiger partial charge in [0.15, 0.2) is 0 Å². The molecule has 0 radical (unpaired) electrons. The maximum absolute atomic E-state index is 11.8. The fourth-order valence-electron chi connectivity index (χ4n) is 1.75. The van der Waals surface area contributed by atoms with Crippen LogP contribution in [0.5, 0.6) is 0 Å². The number of nitrogens with one attached hydrogen (secondary N) is 2. The largest absolute Gasteiger partial charge is 0.376 e. The molecule has 18 heavy (non-hydrogen) atoms. The lowest BCUT2D eigenvalue weighted by molar-refractivity contribution is 0.0861. The lowest BCUT2D eigenvalue weighted by Gasteiger charge is -2.09. The van der Waals surface area contributed by atoms with Gasteiger partial charge >= 0.3 is 0 Å².